The van der Waals surface area contributed by atoms with Gasteiger partial charge < -0.3 is 5.73 Å². The van der Waals surface area contributed by atoms with E-state index in [9.17, 15) is 10.1 Å². The molecule has 16 heavy (non-hydrogen) atoms. The van der Waals surface area contributed by atoms with Crippen molar-refractivity contribution in [3.05, 3.63) is 39.9 Å². The Morgan fingerprint density at radius 2 is 2.25 bits per heavy atom. The van der Waals surface area contributed by atoms with Crippen molar-refractivity contribution in [1.82, 2.24) is 4.90 Å². The van der Waals surface area contributed by atoms with Gasteiger partial charge in [0.2, 0.25) is 0 Å². The van der Waals surface area contributed by atoms with Gasteiger partial charge in [0.15, 0.2) is 0 Å². The van der Waals surface area contributed by atoms with Crippen LogP contribution in [-0.4, -0.2) is 29.5 Å². The number of nitrogens with two attached hydrogens (primary N) is 1. The van der Waals surface area contributed by atoms with Crippen LogP contribution in [0.2, 0.25) is 0 Å². The quantitative estimate of drug-likeness (QED) is 0.584. The molecule has 88 valence electrons. The second kappa shape index (κ2) is 6.19. The lowest BCUT2D eigenvalue weighted by Gasteiger charge is -2.19. The largest absolute Gasteiger partial charge is 0.329 e. The molecule has 0 atom stereocenters. The lowest BCUT2D eigenvalue weighted by Crippen LogP contribution is -2.28. The number of rotatable bonds is 6. The zero-order valence-corrected chi connectivity index (χ0v) is 9.43. The van der Waals surface area contributed by atoms with E-state index < -0.39 is 0 Å². The van der Waals surface area contributed by atoms with Gasteiger partial charge in [-0.05, 0) is 12.1 Å². The molecule has 0 aliphatic heterocycles. The summed E-state index contributed by atoms with van der Waals surface area (Å²) in [5, 5.41) is 10.6. The highest BCUT2D eigenvalue weighted by molar-refractivity contribution is 5.34. The first-order valence-electron chi connectivity index (χ1n) is 5.33. The van der Waals surface area contributed by atoms with E-state index in [1.54, 1.807) is 12.1 Å². The maximum absolute atomic E-state index is 10.6. The number of hydrogen-bond acceptors (Lipinski definition) is 4. The van der Waals surface area contributed by atoms with Gasteiger partial charge in [0.25, 0.3) is 5.69 Å². The zero-order chi connectivity index (χ0) is 12.0. The Kier molecular flexibility index (Phi) is 4.88. The summed E-state index contributed by atoms with van der Waals surface area (Å²) >= 11 is 0. The molecule has 0 saturated heterocycles. The number of benzene rings is 1. The molecule has 0 heterocycles. The predicted octanol–water partition coefficient (Wildman–Crippen LogP) is 1.38. The van der Waals surface area contributed by atoms with Gasteiger partial charge in [0.05, 0.1) is 4.92 Å². The summed E-state index contributed by atoms with van der Waals surface area (Å²) in [4.78, 5) is 12.4. The van der Waals surface area contributed by atoms with Crippen LogP contribution in [-0.2, 0) is 6.54 Å². The number of non-ortho nitro benzene ring substituents is 1. The number of likely N-dealkylation sites (N-methyl/N-ethyl adjacent to an activating group) is 1. The minimum Gasteiger partial charge on any atom is -0.329 e. The van der Waals surface area contributed by atoms with Crippen molar-refractivity contribution in [3.63, 3.8) is 0 Å². The van der Waals surface area contributed by atoms with Crippen molar-refractivity contribution in [3.8, 4) is 0 Å². The number of nitro groups is 1. The molecule has 5 nitrogen and oxygen atoms in total. The first-order valence-corrected chi connectivity index (χ1v) is 5.33. The summed E-state index contributed by atoms with van der Waals surface area (Å²) < 4.78 is 0. The summed E-state index contributed by atoms with van der Waals surface area (Å²) in [5.41, 5.74) is 6.58. The lowest BCUT2D eigenvalue weighted by atomic mass is 10.2. The fraction of sp³-hybridized carbons (Fsp3) is 0.455. The third-order valence-corrected chi connectivity index (χ3v) is 2.42. The molecule has 0 bridgehead atoms. The molecule has 0 radical (unpaired) electrons. The van der Waals surface area contributed by atoms with Crippen LogP contribution < -0.4 is 5.73 Å². The number of nitro benzene ring substituents is 1. The maximum atomic E-state index is 10.6. The minimum absolute atomic E-state index is 0.140. The molecule has 0 fully saturated rings. The molecule has 0 unspecified atom stereocenters. The van der Waals surface area contributed by atoms with Crippen molar-refractivity contribution in [2.45, 2.75) is 13.5 Å². The summed E-state index contributed by atoms with van der Waals surface area (Å²) in [6.07, 6.45) is 0. The smallest absolute Gasteiger partial charge is 0.269 e. The van der Waals surface area contributed by atoms with Crippen LogP contribution in [0.15, 0.2) is 24.3 Å². The van der Waals surface area contributed by atoms with Gasteiger partial charge in [-0.25, -0.2) is 0 Å². The fourth-order valence-electron chi connectivity index (χ4n) is 1.56. The Balaban J connectivity index is 2.72. The van der Waals surface area contributed by atoms with Gasteiger partial charge in [-0.2, -0.15) is 0 Å². The Hall–Kier alpha value is -1.46. The van der Waals surface area contributed by atoms with E-state index >= 15 is 0 Å². The Morgan fingerprint density at radius 1 is 1.50 bits per heavy atom. The Morgan fingerprint density at radius 3 is 2.81 bits per heavy atom. The van der Waals surface area contributed by atoms with Gasteiger partial charge >= 0.3 is 0 Å². The highest BCUT2D eigenvalue weighted by Gasteiger charge is 2.08. The Bertz CT molecular complexity index is 355. The minimum atomic E-state index is -0.372. The van der Waals surface area contributed by atoms with E-state index in [0.717, 1.165) is 18.7 Å². The standard InChI is InChI=1S/C11H17N3O2/c1-2-13(7-6-12)9-10-4-3-5-11(8-10)14(15)16/h3-5,8H,2,6-7,9,12H2,1H3. The topological polar surface area (TPSA) is 72.4 Å². The molecule has 5 heteroatoms. The fourth-order valence-corrected chi connectivity index (χ4v) is 1.56. The van der Waals surface area contributed by atoms with Crippen LogP contribution in [0.5, 0.6) is 0 Å². The predicted molar refractivity (Wildman–Crippen MR) is 63.1 cm³/mol. The maximum Gasteiger partial charge on any atom is 0.269 e. The third-order valence-electron chi connectivity index (χ3n) is 2.42. The Labute approximate surface area is 95.0 Å². The van der Waals surface area contributed by atoms with E-state index in [0.29, 0.717) is 13.1 Å². The van der Waals surface area contributed by atoms with Gasteiger partial charge in [0, 0.05) is 31.8 Å². The van der Waals surface area contributed by atoms with Crippen molar-refractivity contribution in [2.24, 2.45) is 5.73 Å². The molecule has 2 N–H and O–H groups in total. The first kappa shape index (κ1) is 12.6. The highest BCUT2D eigenvalue weighted by Crippen LogP contribution is 2.14. The van der Waals surface area contributed by atoms with Crippen LogP contribution in [0.1, 0.15) is 12.5 Å². The average Bonchev–Trinajstić information content (AvgIpc) is 2.29. The number of hydrogen-bond donors (Lipinski definition) is 1. The van der Waals surface area contributed by atoms with Gasteiger partial charge in [-0.15, -0.1) is 0 Å². The lowest BCUT2D eigenvalue weighted by molar-refractivity contribution is -0.384. The van der Waals surface area contributed by atoms with E-state index in [1.807, 2.05) is 13.0 Å². The third kappa shape index (κ3) is 3.60. The van der Waals surface area contributed by atoms with Crippen LogP contribution >= 0.6 is 0 Å². The van der Waals surface area contributed by atoms with Gasteiger partial charge in [-0.3, -0.25) is 15.0 Å². The summed E-state index contributed by atoms with van der Waals surface area (Å²) in [6.45, 7) is 5.05. The van der Waals surface area contributed by atoms with Crippen molar-refractivity contribution < 1.29 is 4.92 Å². The molecule has 0 amide bonds. The molecule has 0 aliphatic rings. The normalized spacial score (nSPS) is 10.7. The monoisotopic (exact) mass is 223 g/mol. The zero-order valence-electron chi connectivity index (χ0n) is 9.43. The molecular formula is C11H17N3O2. The highest BCUT2D eigenvalue weighted by atomic mass is 16.6. The molecular weight excluding hydrogens is 206 g/mol. The molecule has 1 aromatic carbocycles. The molecule has 0 aliphatic carbocycles. The molecule has 1 rings (SSSR count). The molecule has 0 saturated carbocycles. The van der Waals surface area contributed by atoms with Crippen LogP contribution in [0.3, 0.4) is 0 Å². The first-order chi connectivity index (χ1) is 7.67. The van der Waals surface area contributed by atoms with E-state index in [4.69, 9.17) is 5.73 Å². The summed E-state index contributed by atoms with van der Waals surface area (Å²) in [5.74, 6) is 0. The van der Waals surface area contributed by atoms with E-state index in [2.05, 4.69) is 4.90 Å². The summed E-state index contributed by atoms with van der Waals surface area (Å²) in [7, 11) is 0. The van der Waals surface area contributed by atoms with Crippen molar-refractivity contribution >= 4 is 5.69 Å². The SMILES string of the molecule is CCN(CCN)Cc1cccc([N+](=O)[O-])c1. The van der Waals surface area contributed by atoms with Gasteiger partial charge in [0.1, 0.15) is 0 Å². The second-order valence-corrected chi connectivity index (χ2v) is 3.58. The number of nitrogens with zero attached hydrogens (tertiary/aromatic N) is 2. The van der Waals surface area contributed by atoms with Crippen LogP contribution in [0.25, 0.3) is 0 Å². The van der Waals surface area contributed by atoms with Crippen LogP contribution in [0, 0.1) is 10.1 Å². The van der Waals surface area contributed by atoms with Crippen LogP contribution in [0.4, 0.5) is 5.69 Å². The van der Waals surface area contributed by atoms with Crippen molar-refractivity contribution in [1.29, 1.82) is 0 Å². The van der Waals surface area contributed by atoms with E-state index in [-0.39, 0.29) is 10.6 Å². The summed E-state index contributed by atoms with van der Waals surface area (Å²) in [6, 6.07) is 6.72. The van der Waals surface area contributed by atoms with E-state index in [1.165, 1.54) is 6.07 Å². The van der Waals surface area contributed by atoms with Gasteiger partial charge in [-0.1, -0.05) is 19.1 Å². The molecule has 0 spiro atoms. The van der Waals surface area contributed by atoms with Crippen molar-refractivity contribution in [2.75, 3.05) is 19.6 Å². The molecule has 0 aromatic heterocycles. The molecule has 1 aromatic rings. The average molecular weight is 223 g/mol. The second-order valence-electron chi connectivity index (χ2n) is 3.58.